The lowest BCUT2D eigenvalue weighted by Gasteiger charge is -2.34. The SMILES string of the molecule is Cc1ccccc1CN1Cc2ccnn2C(CCNS(C)(=O)=O)C1. The van der Waals surface area contributed by atoms with Crippen LogP contribution >= 0.6 is 0 Å². The van der Waals surface area contributed by atoms with E-state index in [2.05, 4.69) is 45.9 Å². The van der Waals surface area contributed by atoms with Gasteiger partial charge < -0.3 is 0 Å². The molecule has 1 unspecified atom stereocenters. The highest BCUT2D eigenvalue weighted by Crippen LogP contribution is 2.24. The first-order chi connectivity index (χ1) is 11.4. The molecule has 0 amide bonds. The van der Waals surface area contributed by atoms with E-state index in [1.165, 1.54) is 23.1 Å². The molecule has 0 spiro atoms. The molecule has 1 atom stereocenters. The highest BCUT2D eigenvalue weighted by Gasteiger charge is 2.25. The third kappa shape index (κ3) is 4.23. The minimum Gasteiger partial charge on any atom is -0.291 e. The first-order valence-electron chi connectivity index (χ1n) is 8.16. The third-order valence-corrected chi connectivity index (χ3v) is 5.18. The van der Waals surface area contributed by atoms with Gasteiger partial charge in [-0.1, -0.05) is 24.3 Å². The molecule has 1 N–H and O–H groups in total. The monoisotopic (exact) mass is 348 g/mol. The average Bonchev–Trinajstić information content (AvgIpc) is 2.97. The topological polar surface area (TPSA) is 67.2 Å². The predicted molar refractivity (Wildman–Crippen MR) is 94.0 cm³/mol. The van der Waals surface area contributed by atoms with Crippen molar-refractivity contribution < 1.29 is 8.42 Å². The van der Waals surface area contributed by atoms with Crippen molar-refractivity contribution in [2.75, 3.05) is 19.3 Å². The number of aryl methyl sites for hydroxylation is 1. The van der Waals surface area contributed by atoms with Crippen molar-refractivity contribution in [3.63, 3.8) is 0 Å². The minimum atomic E-state index is -3.15. The Kier molecular flexibility index (Phi) is 5.03. The van der Waals surface area contributed by atoms with Gasteiger partial charge in [0.15, 0.2) is 0 Å². The molecule has 2 aromatic rings. The van der Waals surface area contributed by atoms with Crippen molar-refractivity contribution in [1.82, 2.24) is 19.4 Å². The van der Waals surface area contributed by atoms with Crippen LogP contribution in [-0.4, -0.2) is 42.4 Å². The largest absolute Gasteiger partial charge is 0.291 e. The Labute approximate surface area is 143 Å². The molecule has 1 aromatic heterocycles. The maximum absolute atomic E-state index is 11.3. The molecule has 24 heavy (non-hydrogen) atoms. The van der Waals surface area contributed by atoms with Crippen molar-refractivity contribution in [2.24, 2.45) is 0 Å². The molecular formula is C17H24N4O2S. The second kappa shape index (κ2) is 7.04. The lowest BCUT2D eigenvalue weighted by Crippen LogP contribution is -2.39. The second-order valence-electron chi connectivity index (χ2n) is 6.47. The summed E-state index contributed by atoms with van der Waals surface area (Å²) in [5.74, 6) is 0. The van der Waals surface area contributed by atoms with Crippen LogP contribution in [0.3, 0.4) is 0 Å². The molecule has 0 fully saturated rings. The molecule has 1 aromatic carbocycles. The molecule has 7 heteroatoms. The predicted octanol–water partition coefficient (Wildman–Crippen LogP) is 1.69. The Balaban J connectivity index is 1.70. The summed E-state index contributed by atoms with van der Waals surface area (Å²) in [6, 6.07) is 10.7. The van der Waals surface area contributed by atoms with Crippen LogP contribution in [0.15, 0.2) is 36.5 Å². The quantitative estimate of drug-likeness (QED) is 0.863. The molecule has 6 nitrogen and oxygen atoms in total. The molecule has 0 aliphatic carbocycles. The summed E-state index contributed by atoms with van der Waals surface area (Å²) < 4.78 is 27.2. The molecule has 0 bridgehead atoms. The number of nitrogens with zero attached hydrogens (tertiary/aromatic N) is 3. The van der Waals surface area contributed by atoms with Crippen molar-refractivity contribution in [1.29, 1.82) is 0 Å². The van der Waals surface area contributed by atoms with Crippen LogP contribution in [0.25, 0.3) is 0 Å². The summed E-state index contributed by atoms with van der Waals surface area (Å²) >= 11 is 0. The molecular weight excluding hydrogens is 324 g/mol. The van der Waals surface area contributed by atoms with Gasteiger partial charge in [0.1, 0.15) is 0 Å². The minimum absolute atomic E-state index is 0.182. The first kappa shape index (κ1) is 17.1. The Bertz CT molecular complexity index is 800. The number of aromatic nitrogens is 2. The number of hydrogen-bond acceptors (Lipinski definition) is 4. The van der Waals surface area contributed by atoms with Gasteiger partial charge in [-0.05, 0) is 30.5 Å². The van der Waals surface area contributed by atoms with Gasteiger partial charge in [0.05, 0.1) is 18.0 Å². The zero-order valence-electron chi connectivity index (χ0n) is 14.1. The lowest BCUT2D eigenvalue weighted by molar-refractivity contribution is 0.162. The molecule has 1 aliphatic heterocycles. The van der Waals surface area contributed by atoms with Gasteiger partial charge in [0, 0.05) is 32.4 Å². The number of benzene rings is 1. The lowest BCUT2D eigenvalue weighted by atomic mass is 10.1. The smallest absolute Gasteiger partial charge is 0.208 e. The zero-order chi connectivity index (χ0) is 17.2. The first-order valence-corrected chi connectivity index (χ1v) is 10.1. The van der Waals surface area contributed by atoms with Gasteiger partial charge in [-0.2, -0.15) is 5.10 Å². The highest BCUT2D eigenvalue weighted by atomic mass is 32.2. The maximum Gasteiger partial charge on any atom is 0.208 e. The maximum atomic E-state index is 11.3. The van der Waals surface area contributed by atoms with Crippen LogP contribution in [0.1, 0.15) is 29.3 Å². The summed E-state index contributed by atoms with van der Waals surface area (Å²) in [5, 5.41) is 4.43. The van der Waals surface area contributed by atoms with E-state index in [4.69, 9.17) is 0 Å². The average molecular weight is 348 g/mol. The Morgan fingerprint density at radius 3 is 2.83 bits per heavy atom. The summed E-state index contributed by atoms with van der Waals surface area (Å²) in [6.45, 7) is 5.20. The van der Waals surface area contributed by atoms with Gasteiger partial charge in [-0.3, -0.25) is 9.58 Å². The fourth-order valence-electron chi connectivity index (χ4n) is 3.24. The Morgan fingerprint density at radius 1 is 1.29 bits per heavy atom. The second-order valence-corrected chi connectivity index (χ2v) is 8.31. The van der Waals surface area contributed by atoms with Crippen LogP contribution in [-0.2, 0) is 23.1 Å². The van der Waals surface area contributed by atoms with Crippen LogP contribution in [0.2, 0.25) is 0 Å². The number of sulfonamides is 1. The van der Waals surface area contributed by atoms with E-state index < -0.39 is 10.0 Å². The third-order valence-electron chi connectivity index (χ3n) is 4.45. The molecule has 1 aliphatic rings. The number of nitrogens with one attached hydrogen (secondary N) is 1. The van der Waals surface area contributed by atoms with Gasteiger partial charge in [0.25, 0.3) is 0 Å². The summed E-state index contributed by atoms with van der Waals surface area (Å²) in [6.07, 6.45) is 3.74. The van der Waals surface area contributed by atoms with Crippen LogP contribution in [0.4, 0.5) is 0 Å². The van der Waals surface area contributed by atoms with Crippen molar-refractivity contribution in [3.8, 4) is 0 Å². The van der Waals surface area contributed by atoms with Gasteiger partial charge in [0.2, 0.25) is 10.0 Å². The molecule has 130 valence electrons. The summed E-state index contributed by atoms with van der Waals surface area (Å²) in [4.78, 5) is 2.41. The van der Waals surface area contributed by atoms with E-state index >= 15 is 0 Å². The van der Waals surface area contributed by atoms with E-state index in [0.717, 1.165) is 26.1 Å². The normalized spacial score (nSPS) is 18.5. The summed E-state index contributed by atoms with van der Waals surface area (Å²) in [7, 11) is -3.15. The van der Waals surface area contributed by atoms with Gasteiger partial charge in [-0.15, -0.1) is 0 Å². The number of rotatable bonds is 6. The van der Waals surface area contributed by atoms with Crippen molar-refractivity contribution >= 4 is 10.0 Å². The van der Waals surface area contributed by atoms with Crippen LogP contribution in [0.5, 0.6) is 0 Å². The summed E-state index contributed by atoms with van der Waals surface area (Å²) in [5.41, 5.74) is 3.81. The molecule has 3 rings (SSSR count). The van der Waals surface area contributed by atoms with Gasteiger partial charge >= 0.3 is 0 Å². The van der Waals surface area contributed by atoms with E-state index in [-0.39, 0.29) is 6.04 Å². The molecule has 0 saturated carbocycles. The van der Waals surface area contributed by atoms with E-state index in [0.29, 0.717) is 6.54 Å². The van der Waals surface area contributed by atoms with E-state index in [1.807, 2.05) is 16.9 Å². The van der Waals surface area contributed by atoms with Gasteiger partial charge in [-0.25, -0.2) is 13.1 Å². The van der Waals surface area contributed by atoms with Crippen molar-refractivity contribution in [3.05, 3.63) is 53.3 Å². The fourth-order valence-corrected chi connectivity index (χ4v) is 3.73. The van der Waals surface area contributed by atoms with Crippen LogP contribution in [0, 0.1) is 6.92 Å². The zero-order valence-corrected chi connectivity index (χ0v) is 15.0. The van der Waals surface area contributed by atoms with Crippen molar-refractivity contribution in [2.45, 2.75) is 32.5 Å². The molecule has 0 saturated heterocycles. The Hall–Kier alpha value is -1.70. The van der Waals surface area contributed by atoms with E-state index in [9.17, 15) is 8.42 Å². The Morgan fingerprint density at radius 2 is 2.08 bits per heavy atom. The van der Waals surface area contributed by atoms with E-state index in [1.54, 1.807) is 0 Å². The fraction of sp³-hybridized carbons (Fsp3) is 0.471. The molecule has 2 heterocycles. The number of fused-ring (bicyclic) bond motifs is 1. The standard InChI is InChI=1S/C17H24N4O2S/c1-14-5-3-4-6-15(14)11-20-12-16-7-9-18-21(16)17(13-20)8-10-19-24(2,22)23/h3-7,9,17,19H,8,10-13H2,1-2H3. The number of hydrogen-bond donors (Lipinski definition) is 1. The van der Waals surface area contributed by atoms with Crippen LogP contribution < -0.4 is 4.72 Å². The molecule has 0 radical (unpaired) electrons. The highest BCUT2D eigenvalue weighted by molar-refractivity contribution is 7.88.